The van der Waals surface area contributed by atoms with Crippen molar-refractivity contribution in [3.05, 3.63) is 12.2 Å². The first-order chi connectivity index (χ1) is 16.7. The Morgan fingerprint density at radius 2 is 0.706 bits per heavy atom. The molecule has 1 heteroatoms. The third-order valence-electron chi connectivity index (χ3n) is 7.67. The van der Waals surface area contributed by atoms with Crippen molar-refractivity contribution in [2.45, 2.75) is 187 Å². The number of hydrogen-bond acceptors (Lipinski definition) is 1. The summed E-state index contributed by atoms with van der Waals surface area (Å²) in [5.74, 6) is 0. The Balaban J connectivity index is 3.37. The standard InChI is InChI=1S/C33H67N/c1-5-7-9-11-13-14-15-16-17-18-19-20-21-22-23-24-26-28-30-32-33(34(3)4)31-29-27-25-12-10-8-6-2/h16-17,33H,5-15,18-32H2,1-4H3/b17-16-. The molecule has 0 fully saturated rings. The van der Waals surface area contributed by atoms with Crippen LogP contribution in [0.15, 0.2) is 12.2 Å². The minimum Gasteiger partial charge on any atom is -0.306 e. The van der Waals surface area contributed by atoms with Gasteiger partial charge in [0.05, 0.1) is 0 Å². The first kappa shape index (κ1) is 33.7. The average Bonchev–Trinajstić information content (AvgIpc) is 2.83. The van der Waals surface area contributed by atoms with Crippen molar-refractivity contribution in [2.75, 3.05) is 14.1 Å². The van der Waals surface area contributed by atoms with Gasteiger partial charge in [0.1, 0.15) is 0 Å². The van der Waals surface area contributed by atoms with Crippen LogP contribution < -0.4 is 0 Å². The van der Waals surface area contributed by atoms with Crippen LogP contribution in [0.3, 0.4) is 0 Å². The maximum absolute atomic E-state index is 2.49. The van der Waals surface area contributed by atoms with Crippen molar-refractivity contribution >= 4 is 0 Å². The molecule has 0 aliphatic heterocycles. The van der Waals surface area contributed by atoms with Crippen molar-refractivity contribution in [1.29, 1.82) is 0 Å². The molecule has 0 radical (unpaired) electrons. The van der Waals surface area contributed by atoms with Gasteiger partial charge in [-0.05, 0) is 52.6 Å². The lowest BCUT2D eigenvalue weighted by atomic mass is 9.99. The zero-order chi connectivity index (χ0) is 25.0. The number of unbranched alkanes of at least 4 members (excludes halogenated alkanes) is 21. The van der Waals surface area contributed by atoms with E-state index in [0.29, 0.717) is 0 Å². The predicted molar refractivity (Wildman–Crippen MR) is 158 cm³/mol. The van der Waals surface area contributed by atoms with Crippen LogP contribution in [-0.2, 0) is 0 Å². The summed E-state index contributed by atoms with van der Waals surface area (Å²) in [6, 6.07) is 0.815. The van der Waals surface area contributed by atoms with Crippen LogP contribution in [0.1, 0.15) is 181 Å². The first-order valence-electron chi connectivity index (χ1n) is 16.0. The molecule has 1 nitrogen and oxygen atoms in total. The Bertz CT molecular complexity index is 386. The van der Waals surface area contributed by atoms with E-state index >= 15 is 0 Å². The molecule has 0 aliphatic rings. The van der Waals surface area contributed by atoms with E-state index in [4.69, 9.17) is 0 Å². The molecule has 0 saturated heterocycles. The van der Waals surface area contributed by atoms with E-state index in [1.807, 2.05) is 0 Å². The van der Waals surface area contributed by atoms with Crippen molar-refractivity contribution in [1.82, 2.24) is 4.90 Å². The van der Waals surface area contributed by atoms with Crippen LogP contribution in [-0.4, -0.2) is 25.0 Å². The fourth-order valence-corrected chi connectivity index (χ4v) is 5.16. The molecule has 0 aliphatic carbocycles. The van der Waals surface area contributed by atoms with Crippen molar-refractivity contribution in [3.8, 4) is 0 Å². The van der Waals surface area contributed by atoms with E-state index < -0.39 is 0 Å². The summed E-state index contributed by atoms with van der Waals surface area (Å²) in [5.41, 5.74) is 0. The molecule has 0 N–H and O–H groups in total. The van der Waals surface area contributed by atoms with Crippen molar-refractivity contribution < 1.29 is 0 Å². The predicted octanol–water partition coefficient (Wildman–Crippen LogP) is 11.7. The summed E-state index contributed by atoms with van der Waals surface area (Å²) in [6.45, 7) is 4.60. The lowest BCUT2D eigenvalue weighted by molar-refractivity contribution is 0.251. The minimum atomic E-state index is 0.815. The molecule has 0 saturated carbocycles. The van der Waals surface area contributed by atoms with E-state index in [2.05, 4.69) is 45.0 Å². The van der Waals surface area contributed by atoms with Gasteiger partial charge in [0.2, 0.25) is 0 Å². The molecule has 0 aromatic heterocycles. The summed E-state index contributed by atoms with van der Waals surface area (Å²) < 4.78 is 0. The van der Waals surface area contributed by atoms with Gasteiger partial charge in [-0.1, -0.05) is 154 Å². The molecule has 0 heterocycles. The second-order valence-corrected chi connectivity index (χ2v) is 11.3. The zero-order valence-electron chi connectivity index (χ0n) is 24.6. The molecule has 204 valence electrons. The van der Waals surface area contributed by atoms with Gasteiger partial charge in [-0.15, -0.1) is 0 Å². The van der Waals surface area contributed by atoms with Crippen molar-refractivity contribution in [3.63, 3.8) is 0 Å². The molecular weight excluding hydrogens is 410 g/mol. The second kappa shape index (κ2) is 28.9. The average molecular weight is 478 g/mol. The Hall–Kier alpha value is -0.300. The quantitative estimate of drug-likeness (QED) is 0.0799. The minimum absolute atomic E-state index is 0.815. The van der Waals surface area contributed by atoms with E-state index in [9.17, 15) is 0 Å². The molecule has 1 atom stereocenters. The molecule has 0 spiro atoms. The van der Waals surface area contributed by atoms with Gasteiger partial charge >= 0.3 is 0 Å². The van der Waals surface area contributed by atoms with Crippen LogP contribution in [0.25, 0.3) is 0 Å². The van der Waals surface area contributed by atoms with Crippen molar-refractivity contribution in [2.24, 2.45) is 0 Å². The second-order valence-electron chi connectivity index (χ2n) is 11.3. The third-order valence-corrected chi connectivity index (χ3v) is 7.67. The van der Waals surface area contributed by atoms with Gasteiger partial charge in [0.25, 0.3) is 0 Å². The van der Waals surface area contributed by atoms with Crippen LogP contribution in [0.5, 0.6) is 0 Å². The monoisotopic (exact) mass is 478 g/mol. The third kappa shape index (κ3) is 26.3. The van der Waals surface area contributed by atoms with Crippen LogP contribution in [0.4, 0.5) is 0 Å². The molecule has 0 aromatic rings. The highest BCUT2D eigenvalue weighted by Crippen LogP contribution is 2.18. The number of allylic oxidation sites excluding steroid dienone is 2. The van der Waals surface area contributed by atoms with E-state index in [1.54, 1.807) is 0 Å². The molecular formula is C33H67N. The molecule has 0 bridgehead atoms. The van der Waals surface area contributed by atoms with Crippen LogP contribution in [0, 0.1) is 0 Å². The molecule has 0 rings (SSSR count). The lowest BCUT2D eigenvalue weighted by Crippen LogP contribution is -2.27. The Morgan fingerprint density at radius 1 is 0.412 bits per heavy atom. The summed E-state index contributed by atoms with van der Waals surface area (Å²) >= 11 is 0. The summed E-state index contributed by atoms with van der Waals surface area (Å²) in [7, 11) is 4.58. The molecule has 0 amide bonds. The number of rotatable bonds is 28. The van der Waals surface area contributed by atoms with Crippen LogP contribution in [0.2, 0.25) is 0 Å². The molecule has 1 unspecified atom stereocenters. The van der Waals surface area contributed by atoms with Gasteiger partial charge in [-0.3, -0.25) is 0 Å². The van der Waals surface area contributed by atoms with Gasteiger partial charge in [0.15, 0.2) is 0 Å². The summed E-state index contributed by atoms with van der Waals surface area (Å²) in [5, 5.41) is 0. The maximum atomic E-state index is 2.49. The van der Waals surface area contributed by atoms with Gasteiger partial charge in [-0.2, -0.15) is 0 Å². The SMILES string of the molecule is CCCCCCCC/C=C\CCCCCCCCCCCC(CCCCCCCCC)N(C)C. The lowest BCUT2D eigenvalue weighted by Gasteiger charge is -2.24. The van der Waals surface area contributed by atoms with Gasteiger partial charge in [0, 0.05) is 6.04 Å². The largest absolute Gasteiger partial charge is 0.306 e. The fraction of sp³-hybridized carbons (Fsp3) is 0.939. The summed E-state index contributed by atoms with van der Waals surface area (Å²) in [6.07, 6.45) is 41.9. The highest BCUT2D eigenvalue weighted by molar-refractivity contribution is 4.81. The fourth-order valence-electron chi connectivity index (χ4n) is 5.16. The van der Waals surface area contributed by atoms with Gasteiger partial charge in [-0.25, -0.2) is 0 Å². The Morgan fingerprint density at radius 3 is 1.03 bits per heavy atom. The maximum Gasteiger partial charge on any atom is 0.00891 e. The highest BCUT2D eigenvalue weighted by Gasteiger charge is 2.10. The van der Waals surface area contributed by atoms with E-state index in [1.165, 1.54) is 167 Å². The van der Waals surface area contributed by atoms with E-state index in [-0.39, 0.29) is 0 Å². The van der Waals surface area contributed by atoms with Crippen LogP contribution >= 0.6 is 0 Å². The Labute approximate surface area is 217 Å². The smallest absolute Gasteiger partial charge is 0.00891 e. The Kier molecular flexibility index (Phi) is 28.7. The zero-order valence-corrected chi connectivity index (χ0v) is 24.6. The highest BCUT2D eigenvalue weighted by atomic mass is 15.1. The number of nitrogens with zero attached hydrogens (tertiary/aromatic N) is 1. The summed E-state index contributed by atoms with van der Waals surface area (Å²) in [4.78, 5) is 2.49. The molecule has 34 heavy (non-hydrogen) atoms. The van der Waals surface area contributed by atoms with Gasteiger partial charge < -0.3 is 4.90 Å². The topological polar surface area (TPSA) is 3.24 Å². The first-order valence-corrected chi connectivity index (χ1v) is 16.0. The number of hydrogen-bond donors (Lipinski definition) is 0. The normalized spacial score (nSPS) is 12.9. The molecule has 0 aromatic carbocycles. The van der Waals surface area contributed by atoms with E-state index in [0.717, 1.165) is 6.04 Å².